The van der Waals surface area contributed by atoms with Crippen LogP contribution < -0.4 is 0 Å². The molecular formula is C14H16N2OS. The van der Waals surface area contributed by atoms with Crippen LogP contribution in [0.25, 0.3) is 0 Å². The molecule has 1 heterocycles. The predicted molar refractivity (Wildman–Crippen MR) is 71.9 cm³/mol. The zero-order valence-corrected chi connectivity index (χ0v) is 11.0. The second-order valence-corrected chi connectivity index (χ2v) is 5.33. The van der Waals surface area contributed by atoms with Gasteiger partial charge in [-0.15, -0.1) is 11.3 Å². The molecule has 1 saturated carbocycles. The van der Waals surface area contributed by atoms with Crippen LogP contribution in [0.5, 0.6) is 0 Å². The van der Waals surface area contributed by atoms with Crippen LogP contribution in [0.4, 0.5) is 0 Å². The molecule has 4 heteroatoms. The van der Waals surface area contributed by atoms with E-state index in [2.05, 4.69) is 22.8 Å². The molecular weight excluding hydrogens is 244 g/mol. The molecule has 0 aliphatic heterocycles. The number of rotatable bonds is 5. The largest absolute Gasteiger partial charge is 0.384 e. The summed E-state index contributed by atoms with van der Waals surface area (Å²) in [5.41, 5.74) is 1.01. The van der Waals surface area contributed by atoms with Crippen LogP contribution in [0.1, 0.15) is 29.7 Å². The van der Waals surface area contributed by atoms with Crippen molar-refractivity contribution in [3.05, 3.63) is 21.9 Å². The molecule has 1 aromatic heterocycles. The van der Waals surface area contributed by atoms with Gasteiger partial charge in [-0.05, 0) is 24.3 Å². The molecule has 0 radical (unpaired) electrons. The van der Waals surface area contributed by atoms with Crippen LogP contribution in [0.15, 0.2) is 11.4 Å². The van der Waals surface area contributed by atoms with Gasteiger partial charge in [-0.25, -0.2) is 0 Å². The van der Waals surface area contributed by atoms with Crippen molar-refractivity contribution in [2.45, 2.75) is 31.8 Å². The summed E-state index contributed by atoms with van der Waals surface area (Å²) in [6.45, 7) is 1.61. The van der Waals surface area contributed by atoms with Crippen LogP contribution in [0.2, 0.25) is 0 Å². The highest BCUT2D eigenvalue weighted by Crippen LogP contribution is 2.30. The zero-order valence-electron chi connectivity index (χ0n) is 10.2. The third-order valence-electron chi connectivity index (χ3n) is 2.97. The molecule has 0 saturated heterocycles. The maximum atomic E-state index is 8.74. The highest BCUT2D eigenvalue weighted by atomic mass is 32.1. The van der Waals surface area contributed by atoms with E-state index < -0.39 is 0 Å². The average molecular weight is 260 g/mol. The van der Waals surface area contributed by atoms with Crippen molar-refractivity contribution in [3.8, 4) is 17.9 Å². The van der Waals surface area contributed by atoms with E-state index in [1.165, 1.54) is 17.7 Å². The third-order valence-corrected chi connectivity index (χ3v) is 3.87. The van der Waals surface area contributed by atoms with Gasteiger partial charge in [0.2, 0.25) is 0 Å². The van der Waals surface area contributed by atoms with E-state index in [9.17, 15) is 0 Å². The first-order valence-corrected chi connectivity index (χ1v) is 7.00. The van der Waals surface area contributed by atoms with Crippen LogP contribution in [-0.4, -0.2) is 29.2 Å². The number of nitrogens with zero attached hydrogens (tertiary/aromatic N) is 2. The Balaban J connectivity index is 2.02. The Hall–Kier alpha value is -1.33. The quantitative estimate of drug-likeness (QED) is 0.823. The molecule has 1 aliphatic carbocycles. The van der Waals surface area contributed by atoms with Crippen molar-refractivity contribution in [2.24, 2.45) is 0 Å². The van der Waals surface area contributed by atoms with E-state index in [4.69, 9.17) is 10.4 Å². The fourth-order valence-electron chi connectivity index (χ4n) is 1.92. The molecule has 1 aliphatic rings. The van der Waals surface area contributed by atoms with Crippen molar-refractivity contribution in [2.75, 3.05) is 13.2 Å². The smallest absolute Gasteiger partial charge is 0.104 e. The van der Waals surface area contributed by atoms with Crippen molar-refractivity contribution >= 4 is 11.3 Å². The molecule has 2 rings (SSSR count). The molecule has 1 aromatic rings. The normalized spacial score (nSPS) is 14.1. The van der Waals surface area contributed by atoms with Gasteiger partial charge in [-0.3, -0.25) is 4.90 Å². The molecule has 0 amide bonds. The Morgan fingerprint density at radius 3 is 3.00 bits per heavy atom. The monoisotopic (exact) mass is 260 g/mol. The maximum absolute atomic E-state index is 8.74. The van der Waals surface area contributed by atoms with E-state index in [1.54, 1.807) is 11.3 Å². The minimum absolute atomic E-state index is 0.101. The van der Waals surface area contributed by atoms with Crippen molar-refractivity contribution in [1.82, 2.24) is 4.90 Å². The summed E-state index contributed by atoms with van der Waals surface area (Å²) in [5.74, 6) is 5.68. The number of aliphatic hydroxyl groups is 1. The Morgan fingerprint density at radius 2 is 2.33 bits per heavy atom. The van der Waals surface area contributed by atoms with E-state index in [-0.39, 0.29) is 6.61 Å². The number of hydrogen-bond donors (Lipinski definition) is 1. The van der Waals surface area contributed by atoms with Crippen LogP contribution in [-0.2, 0) is 6.54 Å². The molecule has 3 nitrogen and oxygen atoms in total. The standard InChI is InChI=1S/C14H16N2OS/c15-7-2-8-16(13-4-5-13)11-14-12(3-1-9-17)6-10-18-14/h6,10,13,17H,2,4-5,8-9,11H2. The summed E-state index contributed by atoms with van der Waals surface area (Å²) in [7, 11) is 0. The highest BCUT2D eigenvalue weighted by molar-refractivity contribution is 7.10. The van der Waals surface area contributed by atoms with Crippen LogP contribution in [0, 0.1) is 23.2 Å². The van der Waals surface area contributed by atoms with E-state index in [0.717, 1.165) is 18.7 Å². The van der Waals surface area contributed by atoms with Gasteiger partial charge in [0.1, 0.15) is 6.61 Å². The fourth-order valence-corrected chi connectivity index (χ4v) is 2.77. The lowest BCUT2D eigenvalue weighted by molar-refractivity contribution is 0.263. The van der Waals surface area contributed by atoms with Gasteiger partial charge < -0.3 is 5.11 Å². The molecule has 1 N–H and O–H groups in total. The first-order chi connectivity index (χ1) is 8.85. The lowest BCUT2D eigenvalue weighted by Gasteiger charge is -2.19. The molecule has 0 atom stereocenters. The third kappa shape index (κ3) is 3.58. The van der Waals surface area contributed by atoms with Crippen molar-refractivity contribution in [3.63, 3.8) is 0 Å². The second kappa shape index (κ2) is 6.56. The maximum Gasteiger partial charge on any atom is 0.104 e. The number of nitriles is 1. The number of hydrogen-bond acceptors (Lipinski definition) is 4. The summed E-state index contributed by atoms with van der Waals surface area (Å²) in [4.78, 5) is 3.61. The van der Waals surface area contributed by atoms with Crippen LogP contribution in [0.3, 0.4) is 0 Å². The molecule has 1 fully saturated rings. The van der Waals surface area contributed by atoms with Gasteiger partial charge >= 0.3 is 0 Å². The van der Waals surface area contributed by atoms with Crippen molar-refractivity contribution < 1.29 is 5.11 Å². The Labute approximate surface area is 112 Å². The van der Waals surface area contributed by atoms with Gasteiger partial charge in [0.25, 0.3) is 0 Å². The summed E-state index contributed by atoms with van der Waals surface area (Å²) in [6, 6.07) is 4.86. The molecule has 0 unspecified atom stereocenters. The van der Waals surface area contributed by atoms with Gasteiger partial charge in [-0.1, -0.05) is 11.8 Å². The SMILES string of the molecule is N#CCCN(Cc1sccc1C#CCO)C1CC1. The Bertz CT molecular complexity index is 488. The first-order valence-electron chi connectivity index (χ1n) is 6.12. The predicted octanol–water partition coefficient (Wildman–Crippen LogP) is 1.97. The lowest BCUT2D eigenvalue weighted by atomic mass is 10.2. The van der Waals surface area contributed by atoms with Gasteiger partial charge in [0.05, 0.1) is 6.07 Å². The topological polar surface area (TPSA) is 47.3 Å². The molecule has 18 heavy (non-hydrogen) atoms. The molecule has 0 aromatic carbocycles. The summed E-state index contributed by atoms with van der Waals surface area (Å²) >= 11 is 1.70. The van der Waals surface area contributed by atoms with Gasteiger partial charge in [0, 0.05) is 36.0 Å². The Kier molecular flexibility index (Phi) is 4.78. The zero-order chi connectivity index (χ0) is 12.8. The second-order valence-electron chi connectivity index (χ2n) is 4.33. The molecule has 0 bridgehead atoms. The van der Waals surface area contributed by atoms with Crippen LogP contribution >= 0.6 is 11.3 Å². The fraction of sp³-hybridized carbons (Fsp3) is 0.500. The Morgan fingerprint density at radius 1 is 1.50 bits per heavy atom. The summed E-state index contributed by atoms with van der Waals surface area (Å²) in [6.07, 6.45) is 3.07. The van der Waals surface area contributed by atoms with E-state index >= 15 is 0 Å². The molecule has 0 spiro atoms. The van der Waals surface area contributed by atoms with Gasteiger partial charge in [-0.2, -0.15) is 5.26 Å². The minimum Gasteiger partial charge on any atom is -0.384 e. The number of thiophene rings is 1. The van der Waals surface area contributed by atoms with E-state index in [0.29, 0.717) is 12.5 Å². The average Bonchev–Trinajstić information content (AvgIpc) is 3.13. The highest BCUT2D eigenvalue weighted by Gasteiger charge is 2.29. The number of aliphatic hydroxyl groups excluding tert-OH is 1. The van der Waals surface area contributed by atoms with E-state index in [1.807, 2.05) is 11.4 Å². The van der Waals surface area contributed by atoms with Gasteiger partial charge in [0.15, 0.2) is 0 Å². The molecule has 94 valence electrons. The first kappa shape index (κ1) is 13.1. The lowest BCUT2D eigenvalue weighted by Crippen LogP contribution is -2.26. The summed E-state index contributed by atoms with van der Waals surface area (Å²) in [5, 5.41) is 19.5. The minimum atomic E-state index is -0.101. The summed E-state index contributed by atoms with van der Waals surface area (Å²) < 4.78 is 0. The van der Waals surface area contributed by atoms with Crippen molar-refractivity contribution in [1.29, 1.82) is 5.26 Å².